The number of benzene rings is 2. The van der Waals surface area contributed by atoms with Gasteiger partial charge < -0.3 is 9.84 Å². The molecular formula is C23H34N2O2. The summed E-state index contributed by atoms with van der Waals surface area (Å²) in [7, 11) is 1.75. The maximum Gasteiger partial charge on any atom is 0.123 e. The maximum atomic E-state index is 9.57. The van der Waals surface area contributed by atoms with E-state index in [9.17, 15) is 5.11 Å². The molecule has 1 aliphatic heterocycles. The average Bonchev–Trinajstić information content (AvgIpc) is 2.63. The molecule has 1 atom stereocenters. The SMILES string of the molecule is COc1ccc2ccccc2c1CN1CCN(CC(C)(C)C)[C@@H](CCO)C1. The number of piperazine rings is 1. The molecule has 2 aromatic rings. The van der Waals surface area contributed by atoms with Crippen LogP contribution in [0, 0.1) is 5.41 Å². The van der Waals surface area contributed by atoms with E-state index in [0.29, 0.717) is 6.04 Å². The lowest BCUT2D eigenvalue weighted by molar-refractivity contribution is 0.0339. The number of rotatable bonds is 6. The van der Waals surface area contributed by atoms with Gasteiger partial charge in [-0.2, -0.15) is 0 Å². The molecule has 1 aliphatic rings. The Labute approximate surface area is 163 Å². The average molecular weight is 371 g/mol. The highest BCUT2D eigenvalue weighted by atomic mass is 16.5. The van der Waals surface area contributed by atoms with E-state index in [2.05, 4.69) is 67.0 Å². The Morgan fingerprint density at radius 1 is 1.11 bits per heavy atom. The second kappa shape index (κ2) is 8.59. The maximum absolute atomic E-state index is 9.57. The normalized spacial score (nSPS) is 19.5. The molecular weight excluding hydrogens is 336 g/mol. The molecule has 0 radical (unpaired) electrons. The molecule has 3 rings (SSSR count). The molecule has 0 unspecified atom stereocenters. The van der Waals surface area contributed by atoms with Gasteiger partial charge in [-0.05, 0) is 28.7 Å². The van der Waals surface area contributed by atoms with Gasteiger partial charge in [0, 0.05) is 50.9 Å². The highest BCUT2D eigenvalue weighted by Crippen LogP contribution is 2.30. The first-order chi connectivity index (χ1) is 12.9. The van der Waals surface area contributed by atoms with Crippen LogP contribution in [0.2, 0.25) is 0 Å². The number of aliphatic hydroxyl groups excluding tert-OH is 1. The Hall–Kier alpha value is -1.62. The van der Waals surface area contributed by atoms with Gasteiger partial charge in [-0.1, -0.05) is 51.1 Å². The van der Waals surface area contributed by atoms with E-state index in [1.807, 2.05) is 0 Å². The van der Waals surface area contributed by atoms with Crippen molar-refractivity contribution in [2.24, 2.45) is 5.41 Å². The number of nitrogens with zero attached hydrogens (tertiary/aromatic N) is 2. The quantitative estimate of drug-likeness (QED) is 0.840. The fourth-order valence-corrected chi connectivity index (χ4v) is 4.24. The van der Waals surface area contributed by atoms with Crippen molar-refractivity contribution < 1.29 is 9.84 Å². The Bertz CT molecular complexity index is 754. The molecule has 0 amide bonds. The second-order valence-electron chi connectivity index (χ2n) is 8.90. The Kier molecular flexibility index (Phi) is 6.40. The minimum atomic E-state index is 0.247. The van der Waals surface area contributed by atoms with E-state index in [-0.39, 0.29) is 12.0 Å². The summed E-state index contributed by atoms with van der Waals surface area (Å²) in [5.74, 6) is 0.963. The minimum absolute atomic E-state index is 0.247. The number of methoxy groups -OCH3 is 1. The van der Waals surface area contributed by atoms with Crippen molar-refractivity contribution in [3.05, 3.63) is 42.0 Å². The highest BCUT2D eigenvalue weighted by Gasteiger charge is 2.30. The minimum Gasteiger partial charge on any atom is -0.496 e. The summed E-state index contributed by atoms with van der Waals surface area (Å²) in [5, 5.41) is 12.1. The lowest BCUT2D eigenvalue weighted by atomic mass is 9.94. The third-order valence-corrected chi connectivity index (χ3v) is 5.43. The summed E-state index contributed by atoms with van der Waals surface area (Å²) < 4.78 is 5.68. The molecule has 148 valence electrons. The second-order valence-corrected chi connectivity index (χ2v) is 8.90. The molecule has 0 aromatic heterocycles. The Balaban J connectivity index is 1.80. The smallest absolute Gasteiger partial charge is 0.123 e. The van der Waals surface area contributed by atoms with Crippen LogP contribution in [-0.2, 0) is 6.54 Å². The fourth-order valence-electron chi connectivity index (χ4n) is 4.24. The van der Waals surface area contributed by atoms with E-state index >= 15 is 0 Å². The van der Waals surface area contributed by atoms with Gasteiger partial charge in [-0.25, -0.2) is 0 Å². The van der Waals surface area contributed by atoms with Gasteiger partial charge in [0.15, 0.2) is 0 Å². The van der Waals surface area contributed by atoms with Crippen LogP contribution in [0.4, 0.5) is 0 Å². The van der Waals surface area contributed by atoms with Gasteiger partial charge in [0.1, 0.15) is 5.75 Å². The summed E-state index contributed by atoms with van der Waals surface area (Å²) in [4.78, 5) is 5.08. The van der Waals surface area contributed by atoms with Crippen LogP contribution in [0.1, 0.15) is 32.8 Å². The van der Waals surface area contributed by atoms with Crippen molar-refractivity contribution >= 4 is 10.8 Å². The third-order valence-electron chi connectivity index (χ3n) is 5.43. The lowest BCUT2D eigenvalue weighted by Crippen LogP contribution is -2.54. The van der Waals surface area contributed by atoms with Crippen LogP contribution in [0.15, 0.2) is 36.4 Å². The highest BCUT2D eigenvalue weighted by molar-refractivity contribution is 5.87. The molecule has 0 aliphatic carbocycles. The standard InChI is InChI=1S/C23H34N2O2/c1-23(2,3)17-25-13-12-24(15-19(25)11-14-26)16-21-20-8-6-5-7-18(20)9-10-22(21)27-4/h5-10,19,26H,11-17H2,1-4H3/t19-/m0/s1. The van der Waals surface area contributed by atoms with Gasteiger partial charge in [0.25, 0.3) is 0 Å². The first kappa shape index (κ1) is 20.1. The molecule has 0 bridgehead atoms. The molecule has 1 fully saturated rings. The van der Waals surface area contributed by atoms with Crippen LogP contribution >= 0.6 is 0 Å². The van der Waals surface area contributed by atoms with E-state index in [0.717, 1.165) is 44.9 Å². The van der Waals surface area contributed by atoms with Gasteiger partial charge in [0.2, 0.25) is 0 Å². The molecule has 0 spiro atoms. The first-order valence-electron chi connectivity index (χ1n) is 10.0. The third kappa shape index (κ3) is 5.01. The monoisotopic (exact) mass is 370 g/mol. The van der Waals surface area contributed by atoms with Crippen LogP contribution in [-0.4, -0.2) is 60.8 Å². The van der Waals surface area contributed by atoms with Crippen molar-refractivity contribution in [1.82, 2.24) is 9.80 Å². The van der Waals surface area contributed by atoms with E-state index in [4.69, 9.17) is 4.74 Å². The molecule has 1 N–H and O–H groups in total. The van der Waals surface area contributed by atoms with Crippen LogP contribution in [0.5, 0.6) is 5.75 Å². The van der Waals surface area contributed by atoms with Crippen LogP contribution in [0.25, 0.3) is 10.8 Å². The number of hydrogen-bond acceptors (Lipinski definition) is 4. The van der Waals surface area contributed by atoms with Crippen molar-refractivity contribution in [2.45, 2.75) is 39.8 Å². The largest absolute Gasteiger partial charge is 0.496 e. The molecule has 4 heteroatoms. The zero-order valence-electron chi connectivity index (χ0n) is 17.2. The van der Waals surface area contributed by atoms with Gasteiger partial charge in [-0.15, -0.1) is 0 Å². The topological polar surface area (TPSA) is 35.9 Å². The van der Waals surface area contributed by atoms with Crippen LogP contribution < -0.4 is 4.74 Å². The van der Waals surface area contributed by atoms with E-state index in [1.54, 1.807) is 7.11 Å². The molecule has 1 saturated heterocycles. The number of ether oxygens (including phenoxy) is 1. The Morgan fingerprint density at radius 2 is 1.89 bits per heavy atom. The van der Waals surface area contributed by atoms with E-state index < -0.39 is 0 Å². The Morgan fingerprint density at radius 3 is 2.59 bits per heavy atom. The summed E-state index contributed by atoms with van der Waals surface area (Å²) in [5.41, 5.74) is 1.54. The zero-order valence-corrected chi connectivity index (χ0v) is 17.2. The molecule has 27 heavy (non-hydrogen) atoms. The van der Waals surface area contributed by atoms with E-state index in [1.165, 1.54) is 16.3 Å². The summed E-state index contributed by atoms with van der Waals surface area (Å²) in [6.07, 6.45) is 0.833. The van der Waals surface area contributed by atoms with Gasteiger partial charge in [0.05, 0.1) is 7.11 Å². The molecule has 0 saturated carbocycles. The summed E-state index contributed by atoms with van der Waals surface area (Å²) in [6, 6.07) is 13.2. The zero-order chi connectivity index (χ0) is 19.4. The van der Waals surface area contributed by atoms with Crippen molar-refractivity contribution in [3.8, 4) is 5.75 Å². The predicted octanol–water partition coefficient (Wildman–Crippen LogP) is 3.76. The molecule has 4 nitrogen and oxygen atoms in total. The van der Waals surface area contributed by atoms with Gasteiger partial charge in [-0.3, -0.25) is 9.80 Å². The summed E-state index contributed by atoms with van der Waals surface area (Å²) in [6.45, 7) is 12.2. The van der Waals surface area contributed by atoms with Gasteiger partial charge >= 0.3 is 0 Å². The number of aliphatic hydroxyl groups is 1. The molecule has 2 aromatic carbocycles. The van der Waals surface area contributed by atoms with Crippen molar-refractivity contribution in [3.63, 3.8) is 0 Å². The first-order valence-corrected chi connectivity index (χ1v) is 10.0. The fraction of sp³-hybridized carbons (Fsp3) is 0.565. The number of fused-ring (bicyclic) bond motifs is 1. The summed E-state index contributed by atoms with van der Waals surface area (Å²) >= 11 is 0. The van der Waals surface area contributed by atoms with Crippen LogP contribution in [0.3, 0.4) is 0 Å². The predicted molar refractivity (Wildman–Crippen MR) is 112 cm³/mol. The van der Waals surface area contributed by atoms with Crippen molar-refractivity contribution in [1.29, 1.82) is 0 Å². The van der Waals surface area contributed by atoms with Crippen molar-refractivity contribution in [2.75, 3.05) is 39.9 Å². The number of hydrogen-bond donors (Lipinski definition) is 1. The molecule has 1 heterocycles. The lowest BCUT2D eigenvalue weighted by Gasteiger charge is -2.44.